The van der Waals surface area contributed by atoms with Crippen LogP contribution < -0.4 is 0 Å². The molecular weight excluding hydrogens is 350 g/mol. The maximum atomic E-state index is 13.6. The van der Waals surface area contributed by atoms with Crippen LogP contribution in [0.3, 0.4) is 0 Å². The highest BCUT2D eigenvalue weighted by Crippen LogP contribution is 2.27. The second-order valence-corrected chi connectivity index (χ2v) is 5.62. The van der Waals surface area contributed by atoms with Gasteiger partial charge in [-0.1, -0.05) is 17.7 Å². The number of aromatic nitrogens is 2. The highest BCUT2D eigenvalue weighted by molar-refractivity contribution is 6.30. The molecule has 0 saturated heterocycles. The van der Waals surface area contributed by atoms with Crippen molar-refractivity contribution < 1.29 is 18.3 Å². The number of esters is 1. The molecule has 0 spiro atoms. The van der Waals surface area contributed by atoms with Crippen molar-refractivity contribution in [2.75, 3.05) is 6.61 Å². The predicted octanol–water partition coefficient (Wildman–Crippen LogP) is 4.65. The van der Waals surface area contributed by atoms with Crippen LogP contribution in [0.15, 0.2) is 48.5 Å². The van der Waals surface area contributed by atoms with Crippen molar-refractivity contribution in [1.29, 1.82) is 0 Å². The lowest BCUT2D eigenvalue weighted by Gasteiger charge is -2.08. The molecule has 0 saturated carbocycles. The molecule has 0 fully saturated rings. The van der Waals surface area contributed by atoms with Gasteiger partial charge < -0.3 is 4.74 Å². The molecular formula is C18H13ClF2N2O2. The van der Waals surface area contributed by atoms with E-state index in [-0.39, 0.29) is 17.9 Å². The molecule has 1 aromatic heterocycles. The van der Waals surface area contributed by atoms with Crippen molar-refractivity contribution in [2.24, 2.45) is 0 Å². The maximum Gasteiger partial charge on any atom is 0.358 e. The fourth-order valence-electron chi connectivity index (χ4n) is 2.40. The van der Waals surface area contributed by atoms with Gasteiger partial charge in [-0.3, -0.25) is 0 Å². The summed E-state index contributed by atoms with van der Waals surface area (Å²) >= 11 is 6.01. The summed E-state index contributed by atoms with van der Waals surface area (Å²) in [6.07, 6.45) is 0. The van der Waals surface area contributed by atoms with E-state index in [0.29, 0.717) is 16.4 Å². The first-order chi connectivity index (χ1) is 12.0. The van der Waals surface area contributed by atoms with Gasteiger partial charge in [0.15, 0.2) is 5.69 Å². The van der Waals surface area contributed by atoms with Crippen molar-refractivity contribution in [1.82, 2.24) is 9.78 Å². The van der Waals surface area contributed by atoms with E-state index >= 15 is 0 Å². The molecule has 1 heterocycles. The lowest BCUT2D eigenvalue weighted by Crippen LogP contribution is -2.06. The maximum absolute atomic E-state index is 13.6. The van der Waals surface area contributed by atoms with E-state index in [1.807, 2.05) is 0 Å². The monoisotopic (exact) mass is 362 g/mol. The van der Waals surface area contributed by atoms with Gasteiger partial charge in [-0.2, -0.15) is 5.10 Å². The quantitative estimate of drug-likeness (QED) is 0.635. The molecule has 0 atom stereocenters. The van der Waals surface area contributed by atoms with Crippen molar-refractivity contribution in [2.45, 2.75) is 6.92 Å². The zero-order valence-corrected chi connectivity index (χ0v) is 13.9. The minimum Gasteiger partial charge on any atom is -0.461 e. The van der Waals surface area contributed by atoms with Crippen LogP contribution in [0.2, 0.25) is 5.02 Å². The third-order valence-corrected chi connectivity index (χ3v) is 3.64. The van der Waals surface area contributed by atoms with Gasteiger partial charge in [-0.25, -0.2) is 18.3 Å². The first kappa shape index (κ1) is 17.1. The number of hydrogen-bond donors (Lipinski definition) is 0. The number of hydrogen-bond acceptors (Lipinski definition) is 3. The molecule has 0 aliphatic rings. The fraction of sp³-hybridized carbons (Fsp3) is 0.111. The van der Waals surface area contributed by atoms with Crippen LogP contribution in [-0.2, 0) is 4.74 Å². The molecule has 0 radical (unpaired) electrons. The Kier molecular flexibility index (Phi) is 4.81. The molecule has 0 N–H and O–H groups in total. The molecule has 25 heavy (non-hydrogen) atoms. The van der Waals surface area contributed by atoms with Crippen molar-refractivity contribution in [3.05, 3.63) is 70.9 Å². The molecule has 0 amide bonds. The zero-order chi connectivity index (χ0) is 18.0. The van der Waals surface area contributed by atoms with Gasteiger partial charge in [0.25, 0.3) is 0 Å². The molecule has 2 aromatic carbocycles. The number of halogens is 3. The standard InChI is InChI=1S/C18H13ClF2N2O2/c1-2-25-18(24)16-10-17(11-6-13(20)9-14(21)7-11)23(22-16)15-5-3-4-12(19)8-15/h3-10H,2H2,1H3. The van der Waals surface area contributed by atoms with Crippen LogP contribution in [0.4, 0.5) is 8.78 Å². The number of benzene rings is 2. The average molecular weight is 363 g/mol. The van der Waals surface area contributed by atoms with Crippen LogP contribution in [0.25, 0.3) is 16.9 Å². The van der Waals surface area contributed by atoms with E-state index in [9.17, 15) is 13.6 Å². The third kappa shape index (κ3) is 3.69. The topological polar surface area (TPSA) is 44.1 Å². The van der Waals surface area contributed by atoms with Crippen LogP contribution in [-0.4, -0.2) is 22.4 Å². The molecule has 7 heteroatoms. The summed E-state index contributed by atoms with van der Waals surface area (Å²) in [6.45, 7) is 1.86. The van der Waals surface area contributed by atoms with E-state index in [0.717, 1.165) is 18.2 Å². The molecule has 0 unspecified atom stereocenters. The largest absolute Gasteiger partial charge is 0.461 e. The minimum atomic E-state index is -0.730. The Morgan fingerprint density at radius 3 is 2.52 bits per heavy atom. The summed E-state index contributed by atoms with van der Waals surface area (Å²) in [5.41, 5.74) is 1.15. The molecule has 0 aliphatic carbocycles. The Hall–Kier alpha value is -2.73. The SMILES string of the molecule is CCOC(=O)c1cc(-c2cc(F)cc(F)c2)n(-c2cccc(Cl)c2)n1. The summed E-state index contributed by atoms with van der Waals surface area (Å²) in [5.74, 6) is -2.08. The fourth-order valence-corrected chi connectivity index (χ4v) is 2.58. The highest BCUT2D eigenvalue weighted by atomic mass is 35.5. The summed E-state index contributed by atoms with van der Waals surface area (Å²) in [6, 6.07) is 11.3. The number of rotatable bonds is 4. The van der Waals surface area contributed by atoms with E-state index in [4.69, 9.17) is 16.3 Å². The minimum absolute atomic E-state index is 0.0292. The number of carbonyl (C=O) groups excluding carboxylic acids is 1. The zero-order valence-electron chi connectivity index (χ0n) is 13.2. The smallest absolute Gasteiger partial charge is 0.358 e. The van der Waals surface area contributed by atoms with Crippen LogP contribution in [0.5, 0.6) is 0 Å². The molecule has 0 bridgehead atoms. The second kappa shape index (κ2) is 7.03. The molecule has 0 aliphatic heterocycles. The van der Waals surface area contributed by atoms with E-state index in [2.05, 4.69) is 5.10 Å². The van der Waals surface area contributed by atoms with Crippen molar-refractivity contribution >= 4 is 17.6 Å². The Bertz CT molecular complexity index is 920. The summed E-state index contributed by atoms with van der Waals surface area (Å²) in [5, 5.41) is 4.67. The lowest BCUT2D eigenvalue weighted by atomic mass is 10.1. The summed E-state index contributed by atoms with van der Waals surface area (Å²) in [4.78, 5) is 12.0. The third-order valence-electron chi connectivity index (χ3n) is 3.41. The van der Waals surface area contributed by atoms with Gasteiger partial charge in [-0.15, -0.1) is 0 Å². The Morgan fingerprint density at radius 2 is 1.88 bits per heavy atom. The highest BCUT2D eigenvalue weighted by Gasteiger charge is 2.18. The number of ether oxygens (including phenoxy) is 1. The summed E-state index contributed by atoms with van der Waals surface area (Å²) in [7, 11) is 0. The lowest BCUT2D eigenvalue weighted by molar-refractivity contribution is 0.0519. The van der Waals surface area contributed by atoms with Gasteiger partial charge in [0.05, 0.1) is 18.0 Å². The van der Waals surface area contributed by atoms with Crippen LogP contribution >= 0.6 is 11.6 Å². The molecule has 3 aromatic rings. The Balaban J connectivity index is 2.19. The molecule has 128 valence electrons. The van der Waals surface area contributed by atoms with Gasteiger partial charge in [-0.05, 0) is 43.3 Å². The molecule has 3 rings (SSSR count). The Morgan fingerprint density at radius 1 is 1.16 bits per heavy atom. The van der Waals surface area contributed by atoms with Crippen LogP contribution in [0, 0.1) is 11.6 Å². The number of carbonyl (C=O) groups is 1. The molecule has 4 nitrogen and oxygen atoms in total. The van der Waals surface area contributed by atoms with Crippen LogP contribution in [0.1, 0.15) is 17.4 Å². The van der Waals surface area contributed by atoms with Gasteiger partial charge >= 0.3 is 5.97 Å². The Labute approximate surface area is 147 Å². The van der Waals surface area contributed by atoms with E-state index in [1.54, 1.807) is 31.2 Å². The predicted molar refractivity (Wildman–Crippen MR) is 89.9 cm³/mol. The van der Waals surface area contributed by atoms with Crippen molar-refractivity contribution in [3.63, 3.8) is 0 Å². The van der Waals surface area contributed by atoms with Crippen molar-refractivity contribution in [3.8, 4) is 16.9 Å². The number of nitrogens with zero attached hydrogens (tertiary/aromatic N) is 2. The normalized spacial score (nSPS) is 10.7. The second-order valence-electron chi connectivity index (χ2n) is 5.19. The first-order valence-electron chi connectivity index (χ1n) is 7.47. The van der Waals surface area contributed by atoms with Gasteiger partial charge in [0.1, 0.15) is 11.6 Å². The van der Waals surface area contributed by atoms with Gasteiger partial charge in [0.2, 0.25) is 0 Å². The van der Waals surface area contributed by atoms with Gasteiger partial charge in [0, 0.05) is 16.7 Å². The average Bonchev–Trinajstić information content (AvgIpc) is 2.99. The van der Waals surface area contributed by atoms with E-state index in [1.165, 1.54) is 10.7 Å². The summed E-state index contributed by atoms with van der Waals surface area (Å²) < 4.78 is 33.6. The van der Waals surface area contributed by atoms with E-state index < -0.39 is 17.6 Å². The first-order valence-corrected chi connectivity index (χ1v) is 7.85.